The third kappa shape index (κ3) is 4.62. The minimum Gasteiger partial charge on any atom is -0.352 e. The van der Waals surface area contributed by atoms with Crippen LogP contribution in [0.5, 0.6) is 0 Å². The van der Waals surface area contributed by atoms with Gasteiger partial charge in [-0.1, -0.05) is 47.8 Å². The van der Waals surface area contributed by atoms with Crippen LogP contribution in [0.25, 0.3) is 16.7 Å². The summed E-state index contributed by atoms with van der Waals surface area (Å²) in [5, 5.41) is 4.52. The topological polar surface area (TPSA) is 29.1 Å². The molecule has 1 amide bonds. The summed E-state index contributed by atoms with van der Waals surface area (Å²) in [6.07, 6.45) is 0.899. The number of hydrogen-bond donors (Lipinski definition) is 1. The number of amides is 1. The predicted octanol–water partition coefficient (Wildman–Crippen LogP) is 6.94. The van der Waals surface area contributed by atoms with Gasteiger partial charge in [-0.25, -0.2) is 0 Å². The molecule has 0 saturated carbocycles. The zero-order chi connectivity index (χ0) is 19.4. The van der Waals surface area contributed by atoms with E-state index in [4.69, 9.17) is 34.8 Å². The molecule has 0 radical (unpaired) electrons. The molecule has 0 bridgehead atoms. The van der Waals surface area contributed by atoms with E-state index in [0.29, 0.717) is 27.2 Å². The van der Waals surface area contributed by atoms with Crippen molar-refractivity contribution < 1.29 is 4.79 Å². The molecule has 2 aromatic rings. The Labute approximate surface area is 170 Å². The quantitative estimate of drug-likeness (QED) is 0.531. The number of hydrogen-bond acceptors (Lipinski definition) is 1. The summed E-state index contributed by atoms with van der Waals surface area (Å²) in [5.41, 5.74) is 5.47. The highest BCUT2D eigenvalue weighted by molar-refractivity contribution is 6.42. The lowest BCUT2D eigenvalue weighted by Gasteiger charge is -2.16. The molecule has 0 aliphatic rings. The lowest BCUT2D eigenvalue weighted by molar-refractivity contribution is -0.117. The van der Waals surface area contributed by atoms with Gasteiger partial charge in [0.1, 0.15) is 0 Å². The van der Waals surface area contributed by atoms with Gasteiger partial charge < -0.3 is 5.32 Å². The maximum Gasteiger partial charge on any atom is 0.247 e. The van der Waals surface area contributed by atoms with Gasteiger partial charge in [-0.05, 0) is 79.3 Å². The van der Waals surface area contributed by atoms with Crippen molar-refractivity contribution in [1.29, 1.82) is 0 Å². The molecule has 0 unspecified atom stereocenters. The van der Waals surface area contributed by atoms with E-state index in [1.165, 1.54) is 0 Å². The summed E-state index contributed by atoms with van der Waals surface area (Å²) in [7, 11) is 0. The van der Waals surface area contributed by atoms with E-state index in [0.717, 1.165) is 34.2 Å². The largest absolute Gasteiger partial charge is 0.352 e. The average Bonchev–Trinajstić information content (AvgIpc) is 2.62. The number of carbonyl (C=O) groups is 1. The van der Waals surface area contributed by atoms with Gasteiger partial charge in [-0.15, -0.1) is 0 Å². The van der Waals surface area contributed by atoms with Gasteiger partial charge in [0.05, 0.1) is 10.0 Å². The normalized spacial score (nSPS) is 12.0. The second kappa shape index (κ2) is 8.94. The summed E-state index contributed by atoms with van der Waals surface area (Å²) in [5.74, 6) is -0.0557. The number of nitrogens with one attached hydrogen (secondary N) is 1. The molecule has 26 heavy (non-hydrogen) atoms. The first-order chi connectivity index (χ1) is 12.3. The molecule has 0 fully saturated rings. The molecular weight excluding hydrogens is 389 g/mol. The van der Waals surface area contributed by atoms with Crippen molar-refractivity contribution in [3.05, 3.63) is 62.1 Å². The highest BCUT2D eigenvalue weighted by Crippen LogP contribution is 2.36. The van der Waals surface area contributed by atoms with Crippen LogP contribution in [0.4, 0.5) is 0 Å². The molecule has 2 aromatic carbocycles. The predicted molar refractivity (Wildman–Crippen MR) is 113 cm³/mol. The lowest BCUT2D eigenvalue weighted by Crippen LogP contribution is -2.25. The van der Waals surface area contributed by atoms with E-state index in [2.05, 4.69) is 5.32 Å². The van der Waals surface area contributed by atoms with Gasteiger partial charge in [0.15, 0.2) is 0 Å². The maximum absolute atomic E-state index is 12.3. The van der Waals surface area contributed by atoms with E-state index < -0.39 is 0 Å². The Hall–Kier alpha value is -1.48. The van der Waals surface area contributed by atoms with Crippen molar-refractivity contribution in [2.75, 3.05) is 6.54 Å². The van der Waals surface area contributed by atoms with Crippen LogP contribution < -0.4 is 5.32 Å². The summed E-state index contributed by atoms with van der Waals surface area (Å²) >= 11 is 18.6. The van der Waals surface area contributed by atoms with Crippen molar-refractivity contribution in [2.24, 2.45) is 0 Å². The zero-order valence-electron chi connectivity index (χ0n) is 15.3. The van der Waals surface area contributed by atoms with Crippen molar-refractivity contribution >= 4 is 46.3 Å². The van der Waals surface area contributed by atoms with Crippen LogP contribution >= 0.6 is 34.8 Å². The van der Waals surface area contributed by atoms with Gasteiger partial charge in [0, 0.05) is 17.1 Å². The molecule has 0 spiro atoms. The number of halogens is 3. The Morgan fingerprint density at radius 1 is 1.04 bits per heavy atom. The number of benzene rings is 2. The third-order valence-electron chi connectivity index (χ3n) is 4.45. The van der Waals surface area contributed by atoms with Crippen LogP contribution in [-0.4, -0.2) is 12.5 Å². The van der Waals surface area contributed by atoms with E-state index in [-0.39, 0.29) is 5.91 Å². The van der Waals surface area contributed by atoms with Crippen LogP contribution in [0, 0.1) is 6.92 Å². The lowest BCUT2D eigenvalue weighted by atomic mass is 9.91. The fourth-order valence-electron chi connectivity index (χ4n) is 2.78. The first-order valence-electron chi connectivity index (χ1n) is 8.47. The highest BCUT2D eigenvalue weighted by atomic mass is 35.5. The monoisotopic (exact) mass is 409 g/mol. The van der Waals surface area contributed by atoms with Crippen molar-refractivity contribution in [2.45, 2.75) is 34.1 Å². The second-order valence-corrected chi connectivity index (χ2v) is 7.51. The molecule has 2 rings (SSSR count). The molecular formula is C21H22Cl3NO. The van der Waals surface area contributed by atoms with Gasteiger partial charge in [-0.3, -0.25) is 4.79 Å². The fourth-order valence-corrected chi connectivity index (χ4v) is 3.29. The molecule has 0 aliphatic carbocycles. The van der Waals surface area contributed by atoms with Crippen molar-refractivity contribution in [3.63, 3.8) is 0 Å². The van der Waals surface area contributed by atoms with Gasteiger partial charge in [0.2, 0.25) is 5.91 Å². The molecule has 138 valence electrons. The first-order valence-corrected chi connectivity index (χ1v) is 9.61. The van der Waals surface area contributed by atoms with Crippen molar-refractivity contribution in [3.8, 4) is 11.1 Å². The smallest absolute Gasteiger partial charge is 0.247 e. The maximum atomic E-state index is 12.3. The Kier molecular flexibility index (Phi) is 7.16. The molecule has 0 aliphatic heterocycles. The highest BCUT2D eigenvalue weighted by Gasteiger charge is 2.15. The number of allylic oxidation sites excluding steroid dienone is 1. The minimum absolute atomic E-state index is 0.0557. The Morgan fingerprint density at radius 2 is 1.73 bits per heavy atom. The second-order valence-electron chi connectivity index (χ2n) is 6.26. The Balaban J connectivity index is 2.56. The van der Waals surface area contributed by atoms with Gasteiger partial charge >= 0.3 is 0 Å². The Bertz CT molecular complexity index is 872. The molecule has 0 atom stereocenters. The van der Waals surface area contributed by atoms with Crippen LogP contribution in [0.2, 0.25) is 15.1 Å². The standard InChI is InChI=1S/C21H22Cl3NO/c1-5-8-25-21(26)13(3)12(2)17-10-16(22)11-18(14(17)4)15-6-7-19(23)20(24)9-15/h6-7,9-11H,5,8H2,1-4H3,(H,25,26)/b13-12+. The fraction of sp³-hybridized carbons (Fsp3) is 0.286. The van der Waals surface area contributed by atoms with Gasteiger partial charge in [0.25, 0.3) is 0 Å². The summed E-state index contributed by atoms with van der Waals surface area (Å²) in [6.45, 7) is 8.48. The molecule has 1 N–H and O–H groups in total. The molecule has 0 saturated heterocycles. The molecule has 0 aromatic heterocycles. The van der Waals surface area contributed by atoms with Crippen LogP contribution in [0.3, 0.4) is 0 Å². The molecule has 2 nitrogen and oxygen atoms in total. The summed E-state index contributed by atoms with van der Waals surface area (Å²) in [4.78, 5) is 12.3. The molecule has 5 heteroatoms. The van der Waals surface area contributed by atoms with E-state index in [9.17, 15) is 4.79 Å². The Morgan fingerprint density at radius 3 is 2.35 bits per heavy atom. The van der Waals surface area contributed by atoms with Crippen molar-refractivity contribution in [1.82, 2.24) is 5.32 Å². The zero-order valence-corrected chi connectivity index (χ0v) is 17.6. The average molecular weight is 411 g/mol. The summed E-state index contributed by atoms with van der Waals surface area (Å²) in [6, 6.07) is 9.30. The number of carbonyl (C=O) groups excluding carboxylic acids is 1. The van der Waals surface area contributed by atoms with Crippen LogP contribution in [-0.2, 0) is 4.79 Å². The van der Waals surface area contributed by atoms with Crippen LogP contribution in [0.15, 0.2) is 35.9 Å². The minimum atomic E-state index is -0.0557. The van der Waals surface area contributed by atoms with Crippen LogP contribution in [0.1, 0.15) is 38.3 Å². The summed E-state index contributed by atoms with van der Waals surface area (Å²) < 4.78 is 0. The van der Waals surface area contributed by atoms with E-state index in [1.54, 1.807) is 6.07 Å². The van der Waals surface area contributed by atoms with E-state index in [1.807, 2.05) is 52.0 Å². The van der Waals surface area contributed by atoms with E-state index >= 15 is 0 Å². The SMILES string of the molecule is CCCNC(=O)/C(C)=C(\C)c1cc(Cl)cc(-c2ccc(Cl)c(Cl)c2)c1C. The molecule has 0 heterocycles. The van der Waals surface area contributed by atoms with Gasteiger partial charge in [-0.2, -0.15) is 0 Å². The first kappa shape index (κ1) is 20.8. The third-order valence-corrected chi connectivity index (χ3v) is 5.40. The number of rotatable bonds is 5.